The smallest absolute Gasteiger partial charge is 0.148 e. The molecule has 1 aliphatic rings. The summed E-state index contributed by atoms with van der Waals surface area (Å²) in [6, 6.07) is 0.589. The maximum atomic E-state index is 8.22. The summed E-state index contributed by atoms with van der Waals surface area (Å²) in [7, 11) is 0. The molecule has 0 bridgehead atoms. The van der Waals surface area contributed by atoms with E-state index in [-0.39, 0.29) is 0 Å². The molecule has 0 heterocycles. The van der Waals surface area contributed by atoms with E-state index in [9.17, 15) is 0 Å². The molecule has 70 valence electrons. The zero-order chi connectivity index (χ0) is 8.81. The fourth-order valence-electron chi connectivity index (χ4n) is 1.60. The van der Waals surface area contributed by atoms with Crippen LogP contribution in [0.5, 0.6) is 0 Å². The lowest BCUT2D eigenvalue weighted by molar-refractivity contribution is -0.203. The van der Waals surface area contributed by atoms with Crippen LogP contribution in [0.1, 0.15) is 32.1 Å². The predicted octanol–water partition coefficient (Wildman–Crippen LogP) is 1.91. The Labute approximate surface area is 73.4 Å². The van der Waals surface area contributed by atoms with E-state index in [2.05, 4.69) is 16.8 Å². The summed E-state index contributed by atoms with van der Waals surface area (Å²) in [6.45, 7) is 4.08. The highest BCUT2D eigenvalue weighted by molar-refractivity contribution is 4.86. The minimum absolute atomic E-state index is 0.389. The van der Waals surface area contributed by atoms with Crippen molar-refractivity contribution in [2.45, 2.75) is 38.1 Å². The first-order valence-electron chi connectivity index (χ1n) is 4.55. The molecule has 1 saturated carbocycles. The summed E-state index contributed by atoms with van der Waals surface area (Å²) in [5, 5.41) is 11.5. The van der Waals surface area contributed by atoms with E-state index in [4.69, 9.17) is 5.26 Å². The molecule has 0 aromatic rings. The van der Waals surface area contributed by atoms with E-state index in [0.29, 0.717) is 18.3 Å². The quantitative estimate of drug-likeness (QED) is 0.385. The summed E-state index contributed by atoms with van der Waals surface area (Å²) in [5.74, 6) is 0.389. The summed E-state index contributed by atoms with van der Waals surface area (Å²) >= 11 is 0. The van der Waals surface area contributed by atoms with Crippen LogP contribution in [0.4, 0.5) is 0 Å². The van der Waals surface area contributed by atoms with Crippen molar-refractivity contribution in [1.82, 2.24) is 5.32 Å². The molecule has 0 aliphatic heterocycles. The number of nitrogens with one attached hydrogen (secondary N) is 1. The fourth-order valence-corrected chi connectivity index (χ4v) is 1.60. The van der Waals surface area contributed by atoms with Gasteiger partial charge in [0.25, 0.3) is 0 Å². The van der Waals surface area contributed by atoms with Gasteiger partial charge < -0.3 is 10.2 Å². The highest BCUT2D eigenvalue weighted by Crippen LogP contribution is 2.17. The zero-order valence-electron chi connectivity index (χ0n) is 7.38. The molecule has 0 spiro atoms. The second-order valence-corrected chi connectivity index (χ2v) is 3.35. The van der Waals surface area contributed by atoms with Crippen LogP contribution in [0.15, 0.2) is 12.3 Å². The Bertz CT molecular complexity index is 141. The molecule has 0 aromatic carbocycles. The van der Waals surface area contributed by atoms with E-state index in [1.807, 2.05) is 0 Å². The zero-order valence-corrected chi connectivity index (χ0v) is 7.38. The Morgan fingerprint density at radius 1 is 1.42 bits per heavy atom. The minimum Gasteiger partial charge on any atom is -0.344 e. The van der Waals surface area contributed by atoms with Crippen molar-refractivity contribution in [3.63, 3.8) is 0 Å². The maximum absolute atomic E-state index is 8.22. The van der Waals surface area contributed by atoms with Crippen LogP contribution in [0.2, 0.25) is 0 Å². The van der Waals surface area contributed by atoms with Gasteiger partial charge in [-0.25, -0.2) is 5.26 Å². The van der Waals surface area contributed by atoms with E-state index in [1.165, 1.54) is 32.1 Å². The van der Waals surface area contributed by atoms with Gasteiger partial charge >= 0.3 is 0 Å². The molecule has 0 amide bonds. The van der Waals surface area contributed by atoms with Crippen LogP contribution < -0.4 is 5.32 Å². The van der Waals surface area contributed by atoms with Crippen molar-refractivity contribution >= 4 is 0 Å². The third-order valence-corrected chi connectivity index (χ3v) is 2.32. The largest absolute Gasteiger partial charge is 0.344 e. The topological polar surface area (TPSA) is 41.5 Å². The van der Waals surface area contributed by atoms with Crippen LogP contribution in [0.3, 0.4) is 0 Å². The normalized spacial score (nSPS) is 19.1. The molecular weight excluding hydrogens is 154 g/mol. The second kappa shape index (κ2) is 5.17. The molecule has 1 rings (SSSR count). The molecular formula is C9H17NO2. The van der Waals surface area contributed by atoms with Gasteiger partial charge in [0.2, 0.25) is 0 Å². The van der Waals surface area contributed by atoms with Gasteiger partial charge in [0.15, 0.2) is 0 Å². The lowest BCUT2D eigenvalue weighted by Gasteiger charge is -2.22. The molecule has 0 aromatic heterocycles. The lowest BCUT2D eigenvalue weighted by Crippen LogP contribution is -2.32. The lowest BCUT2D eigenvalue weighted by atomic mass is 9.95. The molecule has 3 nitrogen and oxygen atoms in total. The SMILES string of the molecule is C=C(CNC1CCCCC1)OO. The van der Waals surface area contributed by atoms with Gasteiger partial charge in [0.1, 0.15) is 5.76 Å². The summed E-state index contributed by atoms with van der Waals surface area (Å²) in [6.07, 6.45) is 6.45. The van der Waals surface area contributed by atoms with E-state index in [1.54, 1.807) is 0 Å². The molecule has 12 heavy (non-hydrogen) atoms. The second-order valence-electron chi connectivity index (χ2n) is 3.35. The van der Waals surface area contributed by atoms with E-state index < -0.39 is 0 Å². The van der Waals surface area contributed by atoms with Crippen molar-refractivity contribution in [2.24, 2.45) is 0 Å². The third-order valence-electron chi connectivity index (χ3n) is 2.32. The first-order valence-corrected chi connectivity index (χ1v) is 4.55. The van der Waals surface area contributed by atoms with Gasteiger partial charge in [0, 0.05) is 6.04 Å². The van der Waals surface area contributed by atoms with Crippen molar-refractivity contribution in [3.05, 3.63) is 12.3 Å². The van der Waals surface area contributed by atoms with Gasteiger partial charge in [-0.05, 0) is 12.8 Å². The summed E-state index contributed by atoms with van der Waals surface area (Å²) in [4.78, 5) is 3.98. The molecule has 0 atom stereocenters. The predicted molar refractivity (Wildman–Crippen MR) is 47.7 cm³/mol. The number of hydrogen-bond acceptors (Lipinski definition) is 3. The summed E-state index contributed by atoms with van der Waals surface area (Å²) < 4.78 is 0. The van der Waals surface area contributed by atoms with E-state index >= 15 is 0 Å². The van der Waals surface area contributed by atoms with Crippen molar-refractivity contribution in [1.29, 1.82) is 0 Å². The van der Waals surface area contributed by atoms with Crippen molar-refractivity contribution in [2.75, 3.05) is 6.54 Å². The Morgan fingerprint density at radius 2 is 2.08 bits per heavy atom. The molecule has 3 heteroatoms. The fraction of sp³-hybridized carbons (Fsp3) is 0.778. The van der Waals surface area contributed by atoms with Gasteiger partial charge in [-0.2, -0.15) is 0 Å². The Morgan fingerprint density at radius 3 is 2.67 bits per heavy atom. The monoisotopic (exact) mass is 171 g/mol. The minimum atomic E-state index is 0.389. The Hall–Kier alpha value is -0.540. The van der Waals surface area contributed by atoms with Crippen LogP contribution in [-0.4, -0.2) is 17.8 Å². The van der Waals surface area contributed by atoms with Gasteiger partial charge in [-0.1, -0.05) is 25.8 Å². The van der Waals surface area contributed by atoms with Gasteiger partial charge in [-0.3, -0.25) is 0 Å². The van der Waals surface area contributed by atoms with Crippen LogP contribution in [0.25, 0.3) is 0 Å². The van der Waals surface area contributed by atoms with E-state index in [0.717, 1.165) is 0 Å². The molecule has 1 aliphatic carbocycles. The average Bonchev–Trinajstić information content (AvgIpc) is 2.16. The number of hydrogen-bond donors (Lipinski definition) is 2. The molecule has 1 fully saturated rings. The highest BCUT2D eigenvalue weighted by Gasteiger charge is 2.12. The van der Waals surface area contributed by atoms with Crippen molar-refractivity contribution in [3.8, 4) is 0 Å². The van der Waals surface area contributed by atoms with Gasteiger partial charge in [0.05, 0.1) is 6.54 Å². The molecule has 0 saturated heterocycles. The first kappa shape index (κ1) is 9.55. The maximum Gasteiger partial charge on any atom is 0.148 e. The van der Waals surface area contributed by atoms with Crippen molar-refractivity contribution < 1.29 is 10.1 Å². The van der Waals surface area contributed by atoms with Crippen LogP contribution in [-0.2, 0) is 4.89 Å². The molecule has 0 radical (unpaired) electrons. The Balaban J connectivity index is 2.09. The summed E-state index contributed by atoms with van der Waals surface area (Å²) in [5.41, 5.74) is 0. The molecule has 0 unspecified atom stereocenters. The molecule has 2 N–H and O–H groups in total. The average molecular weight is 171 g/mol. The third kappa shape index (κ3) is 3.24. The van der Waals surface area contributed by atoms with Gasteiger partial charge in [-0.15, -0.1) is 0 Å². The number of rotatable bonds is 4. The Kier molecular flexibility index (Phi) is 4.11. The van der Waals surface area contributed by atoms with Crippen LogP contribution >= 0.6 is 0 Å². The highest BCUT2D eigenvalue weighted by atomic mass is 17.1. The van der Waals surface area contributed by atoms with Crippen LogP contribution in [0, 0.1) is 0 Å². The standard InChI is InChI=1S/C9H17NO2/c1-8(12-11)7-10-9-5-3-2-4-6-9/h9-11H,1-7H2. The first-order chi connectivity index (χ1) is 5.83.